The summed E-state index contributed by atoms with van der Waals surface area (Å²) >= 11 is 7.28. The third-order valence-corrected chi connectivity index (χ3v) is 6.47. The van der Waals surface area contributed by atoms with E-state index in [1.54, 1.807) is 17.0 Å². The van der Waals surface area contributed by atoms with Crippen LogP contribution in [-0.4, -0.2) is 38.4 Å². The second-order valence-corrected chi connectivity index (χ2v) is 8.58. The highest BCUT2D eigenvalue weighted by molar-refractivity contribution is 7.89. The van der Waals surface area contributed by atoms with Gasteiger partial charge in [-0.3, -0.25) is 4.79 Å². The van der Waals surface area contributed by atoms with Crippen molar-refractivity contribution in [1.29, 1.82) is 0 Å². The van der Waals surface area contributed by atoms with Crippen molar-refractivity contribution in [3.8, 4) is 0 Å². The van der Waals surface area contributed by atoms with E-state index < -0.39 is 10.0 Å². The van der Waals surface area contributed by atoms with E-state index in [9.17, 15) is 13.2 Å². The first-order chi connectivity index (χ1) is 11.5. The highest BCUT2D eigenvalue weighted by Crippen LogP contribution is 2.19. The molecule has 0 unspecified atom stereocenters. The molecule has 1 aromatic carbocycles. The molecule has 2 heterocycles. The highest BCUT2D eigenvalue weighted by Gasteiger charge is 2.27. The van der Waals surface area contributed by atoms with E-state index in [4.69, 9.17) is 11.6 Å². The Bertz CT molecular complexity index is 796. The zero-order valence-electron chi connectivity index (χ0n) is 12.8. The molecule has 0 bridgehead atoms. The van der Waals surface area contributed by atoms with Crippen LogP contribution in [0.15, 0.2) is 46.0 Å². The van der Waals surface area contributed by atoms with Gasteiger partial charge in [0.05, 0.1) is 10.5 Å². The van der Waals surface area contributed by atoms with E-state index >= 15 is 0 Å². The minimum atomic E-state index is -3.57. The molecule has 128 valence electrons. The van der Waals surface area contributed by atoms with Gasteiger partial charge < -0.3 is 4.90 Å². The van der Waals surface area contributed by atoms with E-state index in [1.165, 1.54) is 23.5 Å². The van der Waals surface area contributed by atoms with Crippen LogP contribution in [0.4, 0.5) is 0 Å². The molecule has 0 saturated carbocycles. The number of amides is 1. The lowest BCUT2D eigenvalue weighted by molar-refractivity contribution is 0.0712. The number of nitrogens with one attached hydrogen (secondary N) is 1. The van der Waals surface area contributed by atoms with Crippen LogP contribution < -0.4 is 4.72 Å². The minimum absolute atomic E-state index is 0.00950. The van der Waals surface area contributed by atoms with Crippen LogP contribution in [0, 0.1) is 0 Å². The molecule has 5 nitrogen and oxygen atoms in total. The van der Waals surface area contributed by atoms with Crippen molar-refractivity contribution in [3.05, 3.63) is 51.7 Å². The number of thiophene rings is 1. The molecule has 1 aliphatic rings. The van der Waals surface area contributed by atoms with Gasteiger partial charge >= 0.3 is 0 Å². The molecule has 2 aromatic rings. The topological polar surface area (TPSA) is 66.5 Å². The van der Waals surface area contributed by atoms with Crippen molar-refractivity contribution in [3.63, 3.8) is 0 Å². The maximum absolute atomic E-state index is 12.4. The number of halogens is 1. The number of nitrogens with zero attached hydrogens (tertiary/aromatic N) is 1. The molecule has 0 atom stereocenters. The van der Waals surface area contributed by atoms with Crippen LogP contribution in [-0.2, 0) is 10.0 Å². The Hall–Kier alpha value is -1.41. The molecule has 0 radical (unpaired) electrons. The van der Waals surface area contributed by atoms with Crippen LogP contribution in [0.25, 0.3) is 0 Å². The minimum Gasteiger partial charge on any atom is -0.339 e. The number of hydrogen-bond donors (Lipinski definition) is 1. The molecule has 1 amide bonds. The average Bonchev–Trinajstić information content (AvgIpc) is 3.09. The second-order valence-electron chi connectivity index (χ2n) is 5.65. The number of benzene rings is 1. The standard InChI is InChI=1S/C16H17ClN2O3S2/c17-13-1-3-15(4-2-13)24(21,22)18-14-5-8-19(9-6-14)16(20)12-7-10-23-11-12/h1-4,7,10-11,14,18H,5-6,8-9H2. The zero-order chi connectivity index (χ0) is 17.2. The summed E-state index contributed by atoms with van der Waals surface area (Å²) < 4.78 is 27.5. The van der Waals surface area contributed by atoms with Crippen molar-refractivity contribution in [2.45, 2.75) is 23.8 Å². The normalized spacial score (nSPS) is 16.3. The first-order valence-electron chi connectivity index (χ1n) is 7.55. The maximum atomic E-state index is 12.4. The fourth-order valence-corrected chi connectivity index (χ4v) is 4.73. The van der Waals surface area contributed by atoms with Crippen molar-refractivity contribution in [1.82, 2.24) is 9.62 Å². The van der Waals surface area contributed by atoms with Gasteiger partial charge in [-0.1, -0.05) is 11.6 Å². The summed E-state index contributed by atoms with van der Waals surface area (Å²) in [6, 6.07) is 7.72. The van der Waals surface area contributed by atoms with Gasteiger partial charge in [0.25, 0.3) is 5.91 Å². The molecule has 0 spiro atoms. The number of rotatable bonds is 4. The van der Waals surface area contributed by atoms with Crippen molar-refractivity contribution in [2.24, 2.45) is 0 Å². The lowest BCUT2D eigenvalue weighted by Crippen LogP contribution is -2.46. The van der Waals surface area contributed by atoms with E-state index in [0.29, 0.717) is 36.5 Å². The van der Waals surface area contributed by atoms with E-state index in [1.807, 2.05) is 16.8 Å². The van der Waals surface area contributed by atoms with Gasteiger partial charge in [0.15, 0.2) is 0 Å². The van der Waals surface area contributed by atoms with Crippen molar-refractivity contribution in [2.75, 3.05) is 13.1 Å². The fourth-order valence-electron chi connectivity index (χ4n) is 2.67. The summed E-state index contributed by atoms with van der Waals surface area (Å²) in [6.45, 7) is 1.09. The smallest absolute Gasteiger partial charge is 0.254 e. The van der Waals surface area contributed by atoms with Crippen LogP contribution in [0.3, 0.4) is 0 Å². The lowest BCUT2D eigenvalue weighted by Gasteiger charge is -2.32. The Balaban J connectivity index is 1.59. The first-order valence-corrected chi connectivity index (χ1v) is 10.4. The molecule has 8 heteroatoms. The molecule has 1 aliphatic heterocycles. The summed E-state index contributed by atoms with van der Waals surface area (Å²) in [4.78, 5) is 14.3. The summed E-state index contributed by atoms with van der Waals surface area (Å²) in [5, 5.41) is 4.20. The molecule has 24 heavy (non-hydrogen) atoms. The Morgan fingerprint density at radius 3 is 2.42 bits per heavy atom. The third kappa shape index (κ3) is 3.97. The van der Waals surface area contributed by atoms with Crippen LogP contribution in [0.1, 0.15) is 23.2 Å². The van der Waals surface area contributed by atoms with E-state index in [-0.39, 0.29) is 16.8 Å². The quantitative estimate of drug-likeness (QED) is 0.881. The van der Waals surface area contributed by atoms with Crippen LogP contribution in [0.5, 0.6) is 0 Å². The van der Waals surface area contributed by atoms with Crippen molar-refractivity contribution >= 4 is 38.9 Å². The van der Waals surface area contributed by atoms with Crippen molar-refractivity contribution < 1.29 is 13.2 Å². The fraction of sp³-hybridized carbons (Fsp3) is 0.312. The monoisotopic (exact) mass is 384 g/mol. The Labute approximate surface area is 150 Å². The maximum Gasteiger partial charge on any atom is 0.254 e. The Morgan fingerprint density at radius 2 is 1.83 bits per heavy atom. The molecule has 1 N–H and O–H groups in total. The average molecular weight is 385 g/mol. The van der Waals surface area contributed by atoms with Gasteiger partial charge in [0, 0.05) is 29.5 Å². The predicted molar refractivity (Wildman–Crippen MR) is 95.0 cm³/mol. The Morgan fingerprint density at radius 1 is 1.17 bits per heavy atom. The Kier molecular flexibility index (Phi) is 5.24. The van der Waals surface area contributed by atoms with E-state index in [2.05, 4.69) is 4.72 Å². The van der Waals surface area contributed by atoms with E-state index in [0.717, 1.165) is 0 Å². The summed E-state index contributed by atoms with van der Waals surface area (Å²) in [5.74, 6) is 0.00950. The van der Waals surface area contributed by atoms with Gasteiger partial charge in [-0.25, -0.2) is 13.1 Å². The molecular weight excluding hydrogens is 368 g/mol. The highest BCUT2D eigenvalue weighted by atomic mass is 35.5. The molecule has 3 rings (SSSR count). The van der Waals surface area contributed by atoms with Gasteiger partial charge in [-0.15, -0.1) is 0 Å². The zero-order valence-corrected chi connectivity index (χ0v) is 15.2. The van der Waals surface area contributed by atoms with Gasteiger partial charge in [0.2, 0.25) is 10.0 Å². The number of likely N-dealkylation sites (tertiary alicyclic amines) is 1. The number of piperidine rings is 1. The van der Waals surface area contributed by atoms with Crippen LogP contribution >= 0.6 is 22.9 Å². The largest absolute Gasteiger partial charge is 0.339 e. The molecule has 1 saturated heterocycles. The van der Waals surface area contributed by atoms with Gasteiger partial charge in [-0.2, -0.15) is 11.3 Å². The first kappa shape index (κ1) is 17.4. The SMILES string of the molecule is O=C(c1ccsc1)N1CCC(NS(=O)(=O)c2ccc(Cl)cc2)CC1. The number of hydrogen-bond acceptors (Lipinski definition) is 4. The summed E-state index contributed by atoms with van der Waals surface area (Å²) in [7, 11) is -3.57. The predicted octanol–water partition coefficient (Wildman–Crippen LogP) is 2.98. The number of carbonyl (C=O) groups is 1. The number of carbonyl (C=O) groups excluding carboxylic acids is 1. The second kappa shape index (κ2) is 7.23. The summed E-state index contributed by atoms with van der Waals surface area (Å²) in [6.07, 6.45) is 1.20. The lowest BCUT2D eigenvalue weighted by atomic mass is 10.1. The van der Waals surface area contributed by atoms with Crippen LogP contribution in [0.2, 0.25) is 5.02 Å². The van der Waals surface area contributed by atoms with Gasteiger partial charge in [-0.05, 0) is 48.6 Å². The number of sulfonamides is 1. The molecule has 0 aliphatic carbocycles. The molecular formula is C16H17ClN2O3S2. The third-order valence-electron chi connectivity index (χ3n) is 4.00. The summed E-state index contributed by atoms with van der Waals surface area (Å²) in [5.41, 5.74) is 0.695. The molecule has 1 aromatic heterocycles. The van der Waals surface area contributed by atoms with Gasteiger partial charge in [0.1, 0.15) is 0 Å². The molecule has 1 fully saturated rings.